The first-order valence-electron chi connectivity index (χ1n) is 5.93. The lowest BCUT2D eigenvalue weighted by Gasteiger charge is -2.30. The van der Waals surface area contributed by atoms with Crippen LogP contribution in [0.1, 0.15) is 24.3 Å². The summed E-state index contributed by atoms with van der Waals surface area (Å²) >= 11 is 3.61. The van der Waals surface area contributed by atoms with Gasteiger partial charge in [0.2, 0.25) is 0 Å². The number of nitrogens with zero attached hydrogens (tertiary/aromatic N) is 1. The molecular formula is C13H19BrN2O. The molecular weight excluding hydrogens is 280 g/mol. The second-order valence-corrected chi connectivity index (χ2v) is 5.55. The van der Waals surface area contributed by atoms with Crippen LogP contribution in [0.25, 0.3) is 0 Å². The first-order chi connectivity index (χ1) is 8.11. The van der Waals surface area contributed by atoms with Crippen molar-refractivity contribution in [2.75, 3.05) is 33.0 Å². The van der Waals surface area contributed by atoms with Crippen LogP contribution in [-0.4, -0.2) is 32.1 Å². The van der Waals surface area contributed by atoms with Crippen molar-refractivity contribution in [2.45, 2.75) is 18.8 Å². The van der Waals surface area contributed by atoms with Crippen LogP contribution in [0.3, 0.4) is 0 Å². The minimum Gasteiger partial charge on any atom is -0.495 e. The highest BCUT2D eigenvalue weighted by molar-refractivity contribution is 9.10. The number of ether oxygens (including phenoxy) is 1. The molecule has 0 bridgehead atoms. The number of benzene rings is 1. The van der Waals surface area contributed by atoms with E-state index in [9.17, 15) is 0 Å². The molecule has 1 aromatic rings. The fourth-order valence-electron chi connectivity index (χ4n) is 2.39. The molecule has 2 N–H and O–H groups in total. The Morgan fingerprint density at radius 3 is 2.59 bits per heavy atom. The van der Waals surface area contributed by atoms with E-state index in [1.54, 1.807) is 7.11 Å². The highest BCUT2D eigenvalue weighted by Gasteiger charge is 2.21. The molecule has 1 aliphatic heterocycles. The number of methoxy groups -OCH3 is 1. The fraction of sp³-hybridized carbons (Fsp3) is 0.538. The highest BCUT2D eigenvalue weighted by Crippen LogP contribution is 2.37. The molecule has 0 aliphatic carbocycles. The number of nitrogens with two attached hydrogens (primary N) is 1. The second-order valence-electron chi connectivity index (χ2n) is 4.69. The van der Waals surface area contributed by atoms with Gasteiger partial charge in [0.1, 0.15) is 5.75 Å². The fourth-order valence-corrected chi connectivity index (χ4v) is 3.08. The van der Waals surface area contributed by atoms with Gasteiger partial charge in [0, 0.05) is 4.47 Å². The van der Waals surface area contributed by atoms with E-state index in [0.717, 1.165) is 23.3 Å². The van der Waals surface area contributed by atoms with Gasteiger partial charge >= 0.3 is 0 Å². The van der Waals surface area contributed by atoms with E-state index < -0.39 is 0 Å². The Bertz CT molecular complexity index is 401. The average molecular weight is 299 g/mol. The lowest BCUT2D eigenvalue weighted by atomic mass is 9.89. The minimum absolute atomic E-state index is 0.607. The van der Waals surface area contributed by atoms with Crippen LogP contribution in [0.5, 0.6) is 5.75 Å². The third-order valence-corrected chi connectivity index (χ3v) is 4.19. The number of hydrogen-bond donors (Lipinski definition) is 1. The number of likely N-dealkylation sites (tertiary alicyclic amines) is 1. The zero-order valence-electron chi connectivity index (χ0n) is 10.4. The molecule has 1 aliphatic rings. The van der Waals surface area contributed by atoms with Crippen molar-refractivity contribution in [1.82, 2.24) is 4.90 Å². The van der Waals surface area contributed by atoms with Crippen molar-refractivity contribution in [3.8, 4) is 5.75 Å². The Morgan fingerprint density at radius 1 is 1.35 bits per heavy atom. The van der Waals surface area contributed by atoms with Crippen LogP contribution in [0, 0.1) is 0 Å². The monoisotopic (exact) mass is 298 g/mol. The average Bonchev–Trinajstić information content (AvgIpc) is 2.31. The van der Waals surface area contributed by atoms with Crippen LogP contribution in [-0.2, 0) is 0 Å². The minimum atomic E-state index is 0.607. The number of halogens is 1. The zero-order chi connectivity index (χ0) is 12.4. The number of nitrogen functional groups attached to an aromatic ring is 1. The van der Waals surface area contributed by atoms with Gasteiger partial charge in [-0.25, -0.2) is 0 Å². The van der Waals surface area contributed by atoms with E-state index in [2.05, 4.69) is 33.9 Å². The van der Waals surface area contributed by atoms with Crippen LogP contribution in [0.2, 0.25) is 0 Å². The van der Waals surface area contributed by atoms with Crippen molar-refractivity contribution in [1.29, 1.82) is 0 Å². The van der Waals surface area contributed by atoms with E-state index in [4.69, 9.17) is 10.5 Å². The molecule has 0 atom stereocenters. The van der Waals surface area contributed by atoms with Gasteiger partial charge in [-0.05, 0) is 56.6 Å². The lowest BCUT2D eigenvalue weighted by molar-refractivity contribution is 0.255. The van der Waals surface area contributed by atoms with Crippen molar-refractivity contribution in [3.63, 3.8) is 0 Å². The molecule has 1 fully saturated rings. The van der Waals surface area contributed by atoms with Crippen LogP contribution in [0.4, 0.5) is 5.69 Å². The number of anilines is 1. The van der Waals surface area contributed by atoms with Gasteiger partial charge in [0.25, 0.3) is 0 Å². The summed E-state index contributed by atoms with van der Waals surface area (Å²) in [5, 5.41) is 0. The molecule has 3 nitrogen and oxygen atoms in total. The molecule has 1 heterocycles. The van der Waals surface area contributed by atoms with Gasteiger partial charge < -0.3 is 15.4 Å². The van der Waals surface area contributed by atoms with E-state index in [1.807, 2.05) is 6.07 Å². The normalized spacial score (nSPS) is 18.3. The third kappa shape index (κ3) is 2.75. The first kappa shape index (κ1) is 12.7. The molecule has 0 unspecified atom stereocenters. The summed E-state index contributed by atoms with van der Waals surface area (Å²) in [5.41, 5.74) is 7.90. The maximum Gasteiger partial charge on any atom is 0.142 e. The number of hydrogen-bond acceptors (Lipinski definition) is 3. The maximum absolute atomic E-state index is 5.89. The van der Waals surface area contributed by atoms with Crippen LogP contribution < -0.4 is 10.5 Å². The van der Waals surface area contributed by atoms with E-state index in [1.165, 1.54) is 18.4 Å². The van der Waals surface area contributed by atoms with Gasteiger partial charge in [-0.15, -0.1) is 0 Å². The SMILES string of the molecule is COc1cc(C2CCN(C)CC2)c(Br)cc1N. The van der Waals surface area contributed by atoms with Crippen LogP contribution in [0.15, 0.2) is 16.6 Å². The second kappa shape index (κ2) is 5.27. The van der Waals surface area contributed by atoms with E-state index in [0.29, 0.717) is 11.6 Å². The van der Waals surface area contributed by atoms with Gasteiger partial charge in [-0.1, -0.05) is 15.9 Å². The van der Waals surface area contributed by atoms with Crippen molar-refractivity contribution >= 4 is 21.6 Å². The summed E-state index contributed by atoms with van der Waals surface area (Å²) in [6.45, 7) is 2.31. The molecule has 0 amide bonds. The van der Waals surface area contributed by atoms with Crippen molar-refractivity contribution in [3.05, 3.63) is 22.2 Å². The third-order valence-electron chi connectivity index (χ3n) is 3.51. The summed E-state index contributed by atoms with van der Waals surface area (Å²) in [4.78, 5) is 2.37. The molecule has 0 spiro atoms. The Kier molecular flexibility index (Phi) is 3.94. The molecule has 17 heavy (non-hydrogen) atoms. The molecule has 2 rings (SSSR count). The quantitative estimate of drug-likeness (QED) is 0.853. The van der Waals surface area contributed by atoms with Crippen molar-refractivity contribution < 1.29 is 4.74 Å². The predicted molar refractivity (Wildman–Crippen MR) is 74.6 cm³/mol. The van der Waals surface area contributed by atoms with Gasteiger partial charge in [0.05, 0.1) is 12.8 Å². The standard InChI is InChI=1S/C13H19BrN2O/c1-16-5-3-9(4-6-16)10-7-13(17-2)12(15)8-11(10)14/h7-9H,3-6,15H2,1-2H3. The summed E-state index contributed by atoms with van der Waals surface area (Å²) in [6, 6.07) is 4.03. The summed E-state index contributed by atoms with van der Waals surface area (Å²) < 4.78 is 6.40. The summed E-state index contributed by atoms with van der Waals surface area (Å²) in [7, 11) is 3.84. The topological polar surface area (TPSA) is 38.5 Å². The molecule has 0 radical (unpaired) electrons. The zero-order valence-corrected chi connectivity index (χ0v) is 12.0. The molecule has 1 saturated heterocycles. The van der Waals surface area contributed by atoms with Gasteiger partial charge in [-0.3, -0.25) is 0 Å². The Morgan fingerprint density at radius 2 is 2.00 bits per heavy atom. The Balaban J connectivity index is 2.25. The molecule has 94 valence electrons. The largest absolute Gasteiger partial charge is 0.495 e. The van der Waals surface area contributed by atoms with Crippen molar-refractivity contribution in [2.24, 2.45) is 0 Å². The highest BCUT2D eigenvalue weighted by atomic mass is 79.9. The summed E-state index contributed by atoms with van der Waals surface area (Å²) in [6.07, 6.45) is 2.39. The maximum atomic E-state index is 5.89. The molecule has 1 aromatic carbocycles. The Labute approximate surface area is 111 Å². The number of piperidine rings is 1. The first-order valence-corrected chi connectivity index (χ1v) is 6.72. The predicted octanol–water partition coefficient (Wildman–Crippen LogP) is 2.85. The Hall–Kier alpha value is -0.740. The lowest BCUT2D eigenvalue weighted by Crippen LogP contribution is -2.29. The van der Waals surface area contributed by atoms with Crippen LogP contribution >= 0.6 is 15.9 Å². The summed E-state index contributed by atoms with van der Waals surface area (Å²) in [5.74, 6) is 1.39. The van der Waals surface area contributed by atoms with Gasteiger partial charge in [0.15, 0.2) is 0 Å². The van der Waals surface area contributed by atoms with Gasteiger partial charge in [-0.2, -0.15) is 0 Å². The number of rotatable bonds is 2. The van der Waals surface area contributed by atoms with E-state index in [-0.39, 0.29) is 0 Å². The smallest absolute Gasteiger partial charge is 0.142 e. The molecule has 4 heteroatoms. The molecule has 0 aromatic heterocycles. The molecule has 0 saturated carbocycles. The van der Waals surface area contributed by atoms with E-state index >= 15 is 0 Å².